The molecule has 100 valence electrons. The van der Waals surface area contributed by atoms with Crippen molar-refractivity contribution in [1.82, 2.24) is 0 Å². The molecule has 0 aromatic heterocycles. The largest absolute Gasteiger partial charge is 0.450 e. The van der Waals surface area contributed by atoms with Crippen LogP contribution in [0.5, 0.6) is 11.5 Å². The lowest BCUT2D eigenvalue weighted by atomic mass is 10.2. The molecule has 19 heavy (non-hydrogen) atoms. The number of rotatable bonds is 3. The van der Waals surface area contributed by atoms with Crippen molar-refractivity contribution in [2.45, 2.75) is 5.33 Å². The minimum atomic E-state index is -0.773. The smallest absolute Gasteiger partial charge is 0.198 e. The third kappa shape index (κ3) is 3.46. The highest BCUT2D eigenvalue weighted by Gasteiger charge is 2.15. The van der Waals surface area contributed by atoms with Crippen LogP contribution in [0, 0.1) is 11.6 Å². The van der Waals surface area contributed by atoms with E-state index in [2.05, 4.69) is 31.9 Å². The number of halogens is 5. The first kappa shape index (κ1) is 14.8. The number of benzene rings is 2. The highest BCUT2D eigenvalue weighted by atomic mass is 79.9. The number of hydrogen-bond acceptors (Lipinski definition) is 1. The van der Waals surface area contributed by atoms with Crippen molar-refractivity contribution in [3.8, 4) is 11.5 Å². The van der Waals surface area contributed by atoms with E-state index in [-0.39, 0.29) is 10.8 Å². The van der Waals surface area contributed by atoms with E-state index in [1.54, 1.807) is 18.2 Å². The lowest BCUT2D eigenvalue weighted by molar-refractivity contribution is 0.407. The molecule has 2 rings (SSSR count). The molecule has 0 heterocycles. The summed E-state index contributed by atoms with van der Waals surface area (Å²) in [6.07, 6.45) is 0. The van der Waals surface area contributed by atoms with E-state index in [9.17, 15) is 8.78 Å². The van der Waals surface area contributed by atoms with Gasteiger partial charge < -0.3 is 4.74 Å². The van der Waals surface area contributed by atoms with Gasteiger partial charge in [0.05, 0.1) is 5.02 Å². The van der Waals surface area contributed by atoms with Gasteiger partial charge >= 0.3 is 0 Å². The average molecular weight is 412 g/mol. The van der Waals surface area contributed by atoms with Crippen LogP contribution in [0.3, 0.4) is 0 Å². The van der Waals surface area contributed by atoms with Crippen molar-refractivity contribution in [2.75, 3.05) is 0 Å². The Balaban J connectivity index is 2.41. The van der Waals surface area contributed by atoms with Crippen molar-refractivity contribution in [3.63, 3.8) is 0 Å². The summed E-state index contributed by atoms with van der Waals surface area (Å²) < 4.78 is 33.5. The van der Waals surface area contributed by atoms with Gasteiger partial charge in [-0.05, 0) is 35.9 Å². The quantitative estimate of drug-likeness (QED) is 0.556. The van der Waals surface area contributed by atoms with Crippen molar-refractivity contribution in [2.24, 2.45) is 0 Å². The molecule has 0 N–H and O–H groups in total. The molecule has 0 aliphatic carbocycles. The molecule has 0 fully saturated rings. The van der Waals surface area contributed by atoms with E-state index < -0.39 is 17.4 Å². The van der Waals surface area contributed by atoms with Crippen LogP contribution >= 0.6 is 43.5 Å². The normalized spacial score (nSPS) is 10.6. The zero-order valence-electron chi connectivity index (χ0n) is 9.39. The molecule has 2 aromatic carbocycles. The van der Waals surface area contributed by atoms with Crippen LogP contribution in [-0.4, -0.2) is 0 Å². The van der Waals surface area contributed by atoms with Gasteiger partial charge in [0.25, 0.3) is 0 Å². The fourth-order valence-electron chi connectivity index (χ4n) is 1.45. The number of alkyl halides is 1. The first-order valence-corrected chi connectivity index (χ1v) is 7.47. The maximum Gasteiger partial charge on any atom is 0.198 e. The van der Waals surface area contributed by atoms with E-state index in [0.717, 1.165) is 0 Å². The van der Waals surface area contributed by atoms with Crippen LogP contribution in [0.25, 0.3) is 0 Å². The van der Waals surface area contributed by atoms with Gasteiger partial charge in [-0.3, -0.25) is 0 Å². The maximum absolute atomic E-state index is 13.8. The summed E-state index contributed by atoms with van der Waals surface area (Å²) in [5.41, 5.74) is 0.489. The molecule has 0 atom stereocenters. The topological polar surface area (TPSA) is 9.23 Å². The van der Waals surface area contributed by atoms with Gasteiger partial charge in [-0.25, -0.2) is 8.78 Å². The van der Waals surface area contributed by atoms with Crippen LogP contribution < -0.4 is 4.74 Å². The molecule has 0 saturated heterocycles. The monoisotopic (exact) mass is 410 g/mol. The molecule has 0 aliphatic rings. The molecule has 0 bridgehead atoms. The summed E-state index contributed by atoms with van der Waals surface area (Å²) in [4.78, 5) is 0. The third-order valence-corrected chi connectivity index (χ3v) is 3.77. The van der Waals surface area contributed by atoms with E-state index in [1.807, 2.05) is 0 Å². The van der Waals surface area contributed by atoms with Gasteiger partial charge in [0.1, 0.15) is 5.75 Å². The summed E-state index contributed by atoms with van der Waals surface area (Å²) >= 11 is 12.3. The minimum absolute atomic E-state index is 0.181. The second-order valence-electron chi connectivity index (χ2n) is 3.70. The highest BCUT2D eigenvalue weighted by molar-refractivity contribution is 9.10. The molecular weight excluding hydrogens is 405 g/mol. The molecule has 0 spiro atoms. The Labute approximate surface area is 130 Å². The zero-order valence-corrected chi connectivity index (χ0v) is 13.3. The van der Waals surface area contributed by atoms with Crippen molar-refractivity contribution in [1.29, 1.82) is 0 Å². The number of ether oxygens (including phenoxy) is 1. The Hall–Kier alpha value is -0.650. The molecule has 0 aliphatic heterocycles. The molecule has 0 amide bonds. The zero-order chi connectivity index (χ0) is 14.0. The SMILES string of the molecule is Fc1cc(CBr)cc(F)c1Oc1cc(Br)ccc1Cl. The summed E-state index contributed by atoms with van der Waals surface area (Å²) in [6, 6.07) is 7.23. The van der Waals surface area contributed by atoms with Crippen LogP contribution in [-0.2, 0) is 5.33 Å². The molecule has 2 aromatic rings. The minimum Gasteiger partial charge on any atom is -0.450 e. The third-order valence-electron chi connectivity index (χ3n) is 2.32. The summed E-state index contributed by atoms with van der Waals surface area (Å²) in [7, 11) is 0. The van der Waals surface area contributed by atoms with E-state index >= 15 is 0 Å². The van der Waals surface area contributed by atoms with Gasteiger partial charge in [0.15, 0.2) is 17.4 Å². The lowest BCUT2D eigenvalue weighted by Crippen LogP contribution is -1.95. The predicted octanol–water partition coefficient (Wildman–Crippen LogP) is 6.07. The number of hydrogen-bond donors (Lipinski definition) is 0. The summed E-state index contributed by atoms with van der Waals surface area (Å²) in [5, 5.41) is 0.630. The van der Waals surface area contributed by atoms with Crippen LogP contribution in [0.1, 0.15) is 5.56 Å². The van der Waals surface area contributed by atoms with Gasteiger partial charge in [-0.2, -0.15) is 0 Å². The van der Waals surface area contributed by atoms with E-state index in [4.69, 9.17) is 16.3 Å². The van der Waals surface area contributed by atoms with Crippen molar-refractivity contribution in [3.05, 3.63) is 57.0 Å². The van der Waals surface area contributed by atoms with Gasteiger partial charge in [-0.1, -0.05) is 43.5 Å². The van der Waals surface area contributed by atoms with Gasteiger partial charge in [0.2, 0.25) is 0 Å². The first-order chi connectivity index (χ1) is 9.01. The summed E-state index contributed by atoms with van der Waals surface area (Å²) in [5.74, 6) is -1.83. The average Bonchev–Trinajstić information content (AvgIpc) is 2.37. The Morgan fingerprint density at radius 1 is 1.11 bits per heavy atom. The second kappa shape index (κ2) is 6.20. The molecule has 0 saturated carbocycles. The predicted molar refractivity (Wildman–Crippen MR) is 78.2 cm³/mol. The standard InChI is InChI=1S/C13H7Br2ClF2O/c14-6-7-3-10(17)13(11(18)4-7)19-12-5-8(15)1-2-9(12)16/h1-5H,6H2. The van der Waals surface area contributed by atoms with E-state index in [0.29, 0.717) is 15.4 Å². The van der Waals surface area contributed by atoms with Crippen LogP contribution in [0.4, 0.5) is 8.78 Å². The molecule has 0 unspecified atom stereocenters. The lowest BCUT2D eigenvalue weighted by Gasteiger charge is -2.10. The molecular formula is C13H7Br2ClF2O. The summed E-state index contributed by atoms with van der Waals surface area (Å²) in [6.45, 7) is 0. The second-order valence-corrected chi connectivity index (χ2v) is 5.58. The van der Waals surface area contributed by atoms with Crippen LogP contribution in [0.15, 0.2) is 34.8 Å². The Bertz CT molecular complexity index is 597. The molecule has 1 nitrogen and oxygen atoms in total. The van der Waals surface area contributed by atoms with Crippen molar-refractivity contribution < 1.29 is 13.5 Å². The Morgan fingerprint density at radius 2 is 1.74 bits per heavy atom. The van der Waals surface area contributed by atoms with Gasteiger partial charge in [0, 0.05) is 9.80 Å². The van der Waals surface area contributed by atoms with Gasteiger partial charge in [-0.15, -0.1) is 0 Å². The fourth-order valence-corrected chi connectivity index (χ4v) is 2.27. The highest BCUT2D eigenvalue weighted by Crippen LogP contribution is 2.35. The molecule has 6 heteroatoms. The Morgan fingerprint density at radius 3 is 2.32 bits per heavy atom. The van der Waals surface area contributed by atoms with Crippen molar-refractivity contribution >= 4 is 43.5 Å². The fraction of sp³-hybridized carbons (Fsp3) is 0.0769. The van der Waals surface area contributed by atoms with E-state index in [1.165, 1.54) is 12.1 Å². The maximum atomic E-state index is 13.8. The van der Waals surface area contributed by atoms with Crippen LogP contribution in [0.2, 0.25) is 5.02 Å². The molecule has 0 radical (unpaired) electrons. The first-order valence-electron chi connectivity index (χ1n) is 5.18. The Kier molecular flexibility index (Phi) is 4.81.